The highest BCUT2D eigenvalue weighted by atomic mass is 16.1. The fraction of sp³-hybridized carbons (Fsp3) is 0.100. The number of hydrogen-bond acceptors (Lipinski definition) is 4. The van der Waals surface area contributed by atoms with E-state index >= 15 is 0 Å². The normalized spacial score (nSPS) is 10.5. The third-order valence-corrected chi connectivity index (χ3v) is 3.51. The minimum atomic E-state index is 0.378. The molecule has 140 valence electrons. The highest BCUT2D eigenvalue weighted by molar-refractivity contribution is 5.86. The zero-order valence-corrected chi connectivity index (χ0v) is 15.4. The summed E-state index contributed by atoms with van der Waals surface area (Å²) in [6.45, 7) is 3.50. The van der Waals surface area contributed by atoms with Gasteiger partial charge in [-0.15, -0.1) is 0 Å². The molecule has 0 saturated carbocycles. The molecule has 0 heterocycles. The fourth-order valence-corrected chi connectivity index (χ4v) is 2.16. The number of aldehydes is 2. The molecule has 0 aliphatic heterocycles. The Balaban J connectivity index is 0.000000280. The topological polar surface area (TPSA) is 132 Å². The summed E-state index contributed by atoms with van der Waals surface area (Å²) in [5, 5.41) is 6.97. The first kappa shape index (κ1) is 21.9. The van der Waals surface area contributed by atoms with E-state index < -0.39 is 0 Å². The lowest BCUT2D eigenvalue weighted by Crippen LogP contribution is -1.86. The van der Waals surface area contributed by atoms with Gasteiger partial charge in [-0.25, -0.2) is 0 Å². The highest BCUT2D eigenvalue weighted by Gasteiger charge is 2.01. The van der Waals surface area contributed by atoms with Crippen LogP contribution in [0.25, 0.3) is 32.7 Å². The molecular weight excluding hydrogens is 356 g/mol. The Hall–Kier alpha value is -4.12. The Morgan fingerprint density at radius 3 is 2.29 bits per heavy atom. The second-order valence-electron chi connectivity index (χ2n) is 5.43. The Labute approximate surface area is 162 Å². The number of benzene rings is 2. The van der Waals surface area contributed by atoms with Crippen molar-refractivity contribution in [1.29, 1.82) is 0 Å². The van der Waals surface area contributed by atoms with Crippen molar-refractivity contribution < 1.29 is 9.59 Å². The molecule has 0 atom stereocenters. The quantitative estimate of drug-likeness (QED) is 0.199. The van der Waals surface area contributed by atoms with E-state index in [0.717, 1.165) is 23.0 Å². The van der Waals surface area contributed by atoms with E-state index in [9.17, 15) is 9.59 Å². The molecule has 0 radical (unpaired) electrons. The second kappa shape index (κ2) is 12.3. The second-order valence-corrected chi connectivity index (χ2v) is 5.43. The first-order chi connectivity index (χ1) is 13.6. The Kier molecular flexibility index (Phi) is 9.61. The summed E-state index contributed by atoms with van der Waals surface area (Å²) in [6, 6.07) is 14.4. The molecule has 0 bridgehead atoms. The summed E-state index contributed by atoms with van der Waals surface area (Å²) < 4.78 is 0. The number of carbonyl (C=O) groups excluding carboxylic acids is 2. The number of aryl methyl sites for hydroxylation is 1. The van der Waals surface area contributed by atoms with Gasteiger partial charge in [0.05, 0.1) is 5.70 Å². The van der Waals surface area contributed by atoms with Crippen LogP contribution in [0.1, 0.15) is 23.6 Å². The van der Waals surface area contributed by atoms with Gasteiger partial charge in [0.25, 0.3) is 0 Å². The van der Waals surface area contributed by atoms with Gasteiger partial charge in [-0.05, 0) is 59.3 Å². The van der Waals surface area contributed by atoms with E-state index in [-0.39, 0.29) is 0 Å². The number of allylic oxidation sites excluding steroid dienone is 2. The van der Waals surface area contributed by atoms with Gasteiger partial charge in [0, 0.05) is 15.5 Å². The standard InChI is InChI=1S/2C10H9N3O/c1-8-7-10(12-13-11)5-4-9(8)3-2-6-14;1-8(7-14)10(12-13-11)9-5-3-2-4-6-9/h2*2-7H,1H3. The molecule has 2 rings (SSSR count). The molecular formula is C20H18N6O2. The maximum absolute atomic E-state index is 10.6. The SMILES string of the molecule is CC(C=O)=C(N=[N+]=[N-])c1ccccc1.Cc1cc(N=[N+]=[N-])ccc1C=CC=O. The van der Waals surface area contributed by atoms with Crippen molar-refractivity contribution in [2.45, 2.75) is 13.8 Å². The largest absolute Gasteiger partial charge is 0.299 e. The van der Waals surface area contributed by atoms with Crippen LogP contribution >= 0.6 is 0 Å². The van der Waals surface area contributed by atoms with Crippen LogP contribution in [0.15, 0.2) is 70.4 Å². The van der Waals surface area contributed by atoms with E-state index in [4.69, 9.17) is 11.1 Å². The molecule has 2 aromatic carbocycles. The lowest BCUT2D eigenvalue weighted by atomic mass is 10.1. The zero-order valence-electron chi connectivity index (χ0n) is 15.4. The Morgan fingerprint density at radius 2 is 1.75 bits per heavy atom. The Bertz CT molecular complexity index is 983. The van der Waals surface area contributed by atoms with Gasteiger partial charge in [0.15, 0.2) is 0 Å². The third-order valence-electron chi connectivity index (χ3n) is 3.51. The van der Waals surface area contributed by atoms with Gasteiger partial charge in [0.1, 0.15) is 12.6 Å². The van der Waals surface area contributed by atoms with E-state index in [1.54, 1.807) is 43.3 Å². The third kappa shape index (κ3) is 7.01. The van der Waals surface area contributed by atoms with Crippen molar-refractivity contribution >= 4 is 30.0 Å². The number of rotatable bonds is 6. The van der Waals surface area contributed by atoms with Gasteiger partial charge >= 0.3 is 0 Å². The summed E-state index contributed by atoms with van der Waals surface area (Å²) in [5.41, 5.74) is 20.6. The van der Waals surface area contributed by atoms with Crippen molar-refractivity contribution in [2.75, 3.05) is 0 Å². The van der Waals surface area contributed by atoms with Crippen LogP contribution in [-0.4, -0.2) is 12.6 Å². The first-order valence-electron chi connectivity index (χ1n) is 8.11. The molecule has 28 heavy (non-hydrogen) atoms. The first-order valence-corrected chi connectivity index (χ1v) is 8.11. The van der Waals surface area contributed by atoms with Gasteiger partial charge in [-0.1, -0.05) is 58.8 Å². The van der Waals surface area contributed by atoms with E-state index in [1.807, 2.05) is 25.1 Å². The molecule has 0 amide bonds. The van der Waals surface area contributed by atoms with Crippen LogP contribution in [0.5, 0.6) is 0 Å². The fourth-order valence-electron chi connectivity index (χ4n) is 2.16. The van der Waals surface area contributed by atoms with Gasteiger partial charge in [-0.3, -0.25) is 9.59 Å². The maximum atomic E-state index is 10.6. The summed E-state index contributed by atoms with van der Waals surface area (Å²) in [5.74, 6) is 0. The number of hydrogen-bond donors (Lipinski definition) is 0. The number of azide groups is 2. The van der Waals surface area contributed by atoms with Crippen LogP contribution in [0.2, 0.25) is 0 Å². The predicted octanol–water partition coefficient (Wildman–Crippen LogP) is 6.08. The number of nitrogens with zero attached hydrogens (tertiary/aromatic N) is 6. The molecule has 0 aliphatic rings. The molecule has 0 aromatic heterocycles. The smallest absolute Gasteiger partial charge is 0.146 e. The summed E-state index contributed by atoms with van der Waals surface area (Å²) in [7, 11) is 0. The van der Waals surface area contributed by atoms with E-state index in [0.29, 0.717) is 23.2 Å². The average molecular weight is 374 g/mol. The number of carbonyl (C=O) groups is 2. The maximum Gasteiger partial charge on any atom is 0.146 e. The van der Waals surface area contributed by atoms with Gasteiger partial charge in [0.2, 0.25) is 0 Å². The molecule has 2 aromatic rings. The van der Waals surface area contributed by atoms with Crippen LogP contribution in [0, 0.1) is 6.92 Å². The zero-order chi connectivity index (χ0) is 20.8. The van der Waals surface area contributed by atoms with Gasteiger partial charge in [-0.2, -0.15) is 0 Å². The van der Waals surface area contributed by atoms with E-state index in [2.05, 4.69) is 20.1 Å². The molecule has 0 fully saturated rings. The monoisotopic (exact) mass is 374 g/mol. The minimum absolute atomic E-state index is 0.378. The minimum Gasteiger partial charge on any atom is -0.299 e. The lowest BCUT2D eigenvalue weighted by molar-refractivity contribution is -0.105. The molecule has 0 unspecified atom stereocenters. The summed E-state index contributed by atoms with van der Waals surface area (Å²) in [4.78, 5) is 26.0. The highest BCUT2D eigenvalue weighted by Crippen LogP contribution is 2.19. The Morgan fingerprint density at radius 1 is 1.04 bits per heavy atom. The molecule has 0 saturated heterocycles. The molecule has 8 heteroatoms. The lowest BCUT2D eigenvalue weighted by Gasteiger charge is -2.01. The van der Waals surface area contributed by atoms with Crippen LogP contribution in [0.4, 0.5) is 5.69 Å². The molecule has 0 N–H and O–H groups in total. The van der Waals surface area contributed by atoms with Crippen LogP contribution in [0.3, 0.4) is 0 Å². The van der Waals surface area contributed by atoms with Crippen molar-refractivity contribution in [1.82, 2.24) is 0 Å². The molecule has 8 nitrogen and oxygen atoms in total. The predicted molar refractivity (Wildman–Crippen MR) is 109 cm³/mol. The van der Waals surface area contributed by atoms with E-state index in [1.165, 1.54) is 6.08 Å². The van der Waals surface area contributed by atoms with Crippen molar-refractivity contribution in [3.63, 3.8) is 0 Å². The van der Waals surface area contributed by atoms with Crippen LogP contribution in [-0.2, 0) is 9.59 Å². The van der Waals surface area contributed by atoms with Gasteiger partial charge < -0.3 is 0 Å². The summed E-state index contributed by atoms with van der Waals surface area (Å²) >= 11 is 0. The molecule has 0 spiro atoms. The molecule has 0 aliphatic carbocycles. The van der Waals surface area contributed by atoms with Crippen molar-refractivity contribution in [2.24, 2.45) is 10.2 Å². The van der Waals surface area contributed by atoms with Crippen molar-refractivity contribution in [3.05, 3.63) is 97.8 Å². The van der Waals surface area contributed by atoms with Crippen LogP contribution < -0.4 is 0 Å². The average Bonchev–Trinajstić information content (AvgIpc) is 2.72. The summed E-state index contributed by atoms with van der Waals surface area (Å²) in [6.07, 6.45) is 4.54. The van der Waals surface area contributed by atoms with Crippen molar-refractivity contribution in [3.8, 4) is 0 Å².